The van der Waals surface area contributed by atoms with E-state index in [0.717, 1.165) is 11.1 Å². The number of allylic oxidation sites excluding steroid dienone is 1. The van der Waals surface area contributed by atoms with Gasteiger partial charge in [0.25, 0.3) is 5.56 Å². The van der Waals surface area contributed by atoms with Gasteiger partial charge in [0.05, 0.1) is 35.6 Å². The zero-order chi connectivity index (χ0) is 21.3. The molecule has 0 amide bonds. The highest BCUT2D eigenvalue weighted by molar-refractivity contribution is 7.08. The predicted octanol–water partition coefficient (Wildman–Crippen LogP) is 2.87. The molecule has 0 fully saturated rings. The first-order valence-corrected chi connectivity index (χ1v) is 11.1. The molecule has 6 nitrogen and oxygen atoms in total. The van der Waals surface area contributed by atoms with Crippen LogP contribution < -0.4 is 19.6 Å². The number of thiophene rings is 1. The van der Waals surface area contributed by atoms with Gasteiger partial charge in [0.2, 0.25) is 0 Å². The Morgan fingerprint density at radius 1 is 1.33 bits per heavy atom. The number of fused-ring (bicyclic) bond motifs is 1. The highest BCUT2D eigenvalue weighted by Gasteiger charge is 2.33. The van der Waals surface area contributed by atoms with Crippen molar-refractivity contribution in [3.63, 3.8) is 0 Å². The van der Waals surface area contributed by atoms with Crippen LogP contribution in [0.1, 0.15) is 31.0 Å². The van der Waals surface area contributed by atoms with Crippen molar-refractivity contribution in [3.05, 3.63) is 83.2 Å². The predicted molar refractivity (Wildman–Crippen MR) is 118 cm³/mol. The Balaban J connectivity index is 1.98. The van der Waals surface area contributed by atoms with E-state index in [1.165, 1.54) is 11.3 Å². The SMILES string of the molecule is CCOC(=O)C1=C(C)N=c2s/c(=C\c3ccsc3)c(=O)n2[C@@H]1c1cccc(OC)c1. The van der Waals surface area contributed by atoms with Gasteiger partial charge in [-0.2, -0.15) is 11.3 Å². The molecule has 0 unspecified atom stereocenters. The molecule has 0 saturated heterocycles. The van der Waals surface area contributed by atoms with Gasteiger partial charge in [0, 0.05) is 0 Å². The summed E-state index contributed by atoms with van der Waals surface area (Å²) in [5.74, 6) is 0.171. The van der Waals surface area contributed by atoms with E-state index >= 15 is 0 Å². The van der Waals surface area contributed by atoms with Crippen molar-refractivity contribution in [2.75, 3.05) is 13.7 Å². The molecule has 1 aliphatic rings. The number of benzene rings is 1. The molecule has 0 N–H and O–H groups in total. The van der Waals surface area contributed by atoms with Crippen LogP contribution >= 0.6 is 22.7 Å². The fraction of sp³-hybridized carbons (Fsp3) is 0.227. The van der Waals surface area contributed by atoms with Crippen molar-refractivity contribution in [2.45, 2.75) is 19.9 Å². The summed E-state index contributed by atoms with van der Waals surface area (Å²) in [6.45, 7) is 3.77. The maximum atomic E-state index is 13.4. The highest BCUT2D eigenvalue weighted by Crippen LogP contribution is 2.32. The van der Waals surface area contributed by atoms with Gasteiger partial charge in [-0.25, -0.2) is 9.79 Å². The van der Waals surface area contributed by atoms with Crippen LogP contribution in [0.3, 0.4) is 0 Å². The maximum Gasteiger partial charge on any atom is 0.338 e. The number of ether oxygens (including phenoxy) is 2. The quantitative estimate of drug-likeness (QED) is 0.572. The third-order valence-corrected chi connectivity index (χ3v) is 6.45. The first kappa shape index (κ1) is 20.3. The average Bonchev–Trinajstić information content (AvgIpc) is 3.35. The third-order valence-electron chi connectivity index (χ3n) is 4.77. The summed E-state index contributed by atoms with van der Waals surface area (Å²) in [5.41, 5.74) is 2.44. The molecule has 0 radical (unpaired) electrons. The Kier molecular flexibility index (Phi) is 5.69. The highest BCUT2D eigenvalue weighted by atomic mass is 32.1. The number of carbonyl (C=O) groups is 1. The van der Waals surface area contributed by atoms with Gasteiger partial charge in [-0.15, -0.1) is 0 Å². The summed E-state index contributed by atoms with van der Waals surface area (Å²) in [6, 6.07) is 8.69. The van der Waals surface area contributed by atoms with Crippen LogP contribution in [0.5, 0.6) is 5.75 Å². The maximum absolute atomic E-state index is 13.4. The standard InChI is InChI=1S/C22H20N2O4S2/c1-4-28-21(26)18-13(2)23-22-24(19(18)15-6-5-7-16(11-15)27-3)20(25)17(30-22)10-14-8-9-29-12-14/h5-12,19H,4H2,1-3H3/b17-10-/t19-/m1/s1. The molecular weight excluding hydrogens is 420 g/mol. The number of esters is 1. The lowest BCUT2D eigenvalue weighted by atomic mass is 9.95. The molecule has 0 spiro atoms. The van der Waals surface area contributed by atoms with Gasteiger partial charge < -0.3 is 9.47 Å². The lowest BCUT2D eigenvalue weighted by molar-refractivity contribution is -0.139. The topological polar surface area (TPSA) is 69.9 Å². The third kappa shape index (κ3) is 3.64. The summed E-state index contributed by atoms with van der Waals surface area (Å²) in [6.07, 6.45) is 1.85. The molecule has 3 aromatic rings. The number of hydrogen-bond donors (Lipinski definition) is 0. The fourth-order valence-electron chi connectivity index (χ4n) is 3.43. The molecule has 1 atom stereocenters. The van der Waals surface area contributed by atoms with Gasteiger partial charge in [-0.1, -0.05) is 23.5 Å². The second-order valence-electron chi connectivity index (χ2n) is 6.64. The molecule has 1 aromatic carbocycles. The Morgan fingerprint density at radius 3 is 2.87 bits per heavy atom. The van der Waals surface area contributed by atoms with E-state index in [0.29, 0.717) is 26.4 Å². The summed E-state index contributed by atoms with van der Waals surface area (Å²) in [7, 11) is 1.58. The minimum atomic E-state index is -0.639. The van der Waals surface area contributed by atoms with Gasteiger partial charge in [-0.05, 0) is 60.0 Å². The first-order valence-electron chi connectivity index (χ1n) is 9.39. The minimum Gasteiger partial charge on any atom is -0.497 e. The van der Waals surface area contributed by atoms with E-state index in [9.17, 15) is 9.59 Å². The van der Waals surface area contributed by atoms with Crippen LogP contribution in [0.25, 0.3) is 6.08 Å². The number of aromatic nitrogens is 1. The molecule has 3 heterocycles. The van der Waals surface area contributed by atoms with Gasteiger partial charge in [-0.3, -0.25) is 9.36 Å². The number of nitrogens with zero attached hydrogens (tertiary/aromatic N) is 2. The van der Waals surface area contributed by atoms with E-state index < -0.39 is 12.0 Å². The Hall–Kier alpha value is -2.97. The molecule has 0 saturated carbocycles. The largest absolute Gasteiger partial charge is 0.497 e. The van der Waals surface area contributed by atoms with Gasteiger partial charge >= 0.3 is 5.97 Å². The van der Waals surface area contributed by atoms with Crippen LogP contribution in [0, 0.1) is 0 Å². The number of methoxy groups -OCH3 is 1. The van der Waals surface area contributed by atoms with Crippen LogP contribution in [0.15, 0.2) is 62.1 Å². The van der Waals surface area contributed by atoms with Gasteiger partial charge in [0.15, 0.2) is 4.80 Å². The number of thiazole rings is 1. The zero-order valence-electron chi connectivity index (χ0n) is 16.7. The van der Waals surface area contributed by atoms with E-state index in [2.05, 4.69) is 4.99 Å². The summed E-state index contributed by atoms with van der Waals surface area (Å²) in [4.78, 5) is 31.4. The summed E-state index contributed by atoms with van der Waals surface area (Å²) in [5, 5.41) is 3.94. The second-order valence-corrected chi connectivity index (χ2v) is 8.42. The molecule has 1 aliphatic heterocycles. The smallest absolute Gasteiger partial charge is 0.338 e. The second kappa shape index (κ2) is 8.41. The van der Waals surface area contributed by atoms with Crippen molar-refractivity contribution >= 4 is 34.7 Å². The van der Waals surface area contributed by atoms with E-state index in [-0.39, 0.29) is 12.2 Å². The van der Waals surface area contributed by atoms with Crippen LogP contribution in [-0.4, -0.2) is 24.3 Å². The van der Waals surface area contributed by atoms with Crippen molar-refractivity contribution in [3.8, 4) is 5.75 Å². The number of hydrogen-bond acceptors (Lipinski definition) is 7. The van der Waals surface area contributed by atoms with Crippen molar-refractivity contribution < 1.29 is 14.3 Å². The summed E-state index contributed by atoms with van der Waals surface area (Å²) < 4.78 is 12.8. The van der Waals surface area contributed by atoms with Crippen molar-refractivity contribution in [2.24, 2.45) is 4.99 Å². The van der Waals surface area contributed by atoms with Crippen LogP contribution in [0.2, 0.25) is 0 Å². The lowest BCUT2D eigenvalue weighted by Crippen LogP contribution is -2.39. The monoisotopic (exact) mass is 440 g/mol. The minimum absolute atomic E-state index is 0.188. The van der Waals surface area contributed by atoms with Crippen LogP contribution in [0.4, 0.5) is 0 Å². The zero-order valence-corrected chi connectivity index (χ0v) is 18.4. The Bertz CT molecular complexity index is 1300. The van der Waals surface area contributed by atoms with Gasteiger partial charge in [0.1, 0.15) is 5.75 Å². The first-order chi connectivity index (χ1) is 14.5. The van der Waals surface area contributed by atoms with Crippen LogP contribution in [-0.2, 0) is 9.53 Å². The van der Waals surface area contributed by atoms with E-state index in [4.69, 9.17) is 9.47 Å². The molecule has 8 heteroatoms. The lowest BCUT2D eigenvalue weighted by Gasteiger charge is -2.24. The molecule has 30 heavy (non-hydrogen) atoms. The molecule has 0 aliphatic carbocycles. The molecule has 154 valence electrons. The summed E-state index contributed by atoms with van der Waals surface area (Å²) >= 11 is 2.88. The molecule has 4 rings (SSSR count). The van der Waals surface area contributed by atoms with E-state index in [1.54, 1.807) is 36.9 Å². The molecule has 2 aromatic heterocycles. The molecule has 0 bridgehead atoms. The normalized spacial score (nSPS) is 16.2. The van der Waals surface area contributed by atoms with Crippen molar-refractivity contribution in [1.29, 1.82) is 0 Å². The number of rotatable bonds is 5. The Morgan fingerprint density at radius 2 is 2.17 bits per heavy atom. The number of carbonyl (C=O) groups excluding carboxylic acids is 1. The van der Waals surface area contributed by atoms with E-state index in [1.807, 2.05) is 47.2 Å². The fourth-order valence-corrected chi connectivity index (χ4v) is 5.09. The Labute approximate surface area is 181 Å². The molecular formula is C22H20N2O4S2. The van der Waals surface area contributed by atoms with Crippen molar-refractivity contribution in [1.82, 2.24) is 4.57 Å². The average molecular weight is 441 g/mol.